The lowest BCUT2D eigenvalue weighted by Gasteiger charge is -2.45. The van der Waals surface area contributed by atoms with Crippen molar-refractivity contribution in [3.63, 3.8) is 0 Å². The molecule has 78 heavy (non-hydrogen) atoms. The van der Waals surface area contributed by atoms with E-state index in [0.29, 0.717) is 75.7 Å². The Morgan fingerprint density at radius 3 is 1.40 bits per heavy atom. The number of nitrogens with zero attached hydrogens (tertiary/aromatic N) is 2. The predicted octanol–water partition coefficient (Wildman–Crippen LogP) is 5.35. The maximum Gasteiger partial charge on any atom is 0.519 e. The number of amides is 3. The molecule has 23 nitrogen and oxygen atoms in total. The van der Waals surface area contributed by atoms with E-state index in [4.69, 9.17) is 48.4 Å². The van der Waals surface area contributed by atoms with Gasteiger partial charge >= 0.3 is 30.3 Å². The number of likely N-dealkylation sites (tertiary alicyclic amines) is 2. The van der Waals surface area contributed by atoms with E-state index in [0.717, 1.165) is 51.9 Å². The van der Waals surface area contributed by atoms with Crippen LogP contribution in [0, 0.1) is 11.8 Å². The molecule has 3 amide bonds. The molecule has 0 spiro atoms. The molecule has 0 aromatic rings. The summed E-state index contributed by atoms with van der Waals surface area (Å²) in [6.07, 6.45) is 5.90. The van der Waals surface area contributed by atoms with Gasteiger partial charge < -0.3 is 69.1 Å². The fourth-order valence-electron chi connectivity index (χ4n) is 9.26. The van der Waals surface area contributed by atoms with Gasteiger partial charge in [-0.1, -0.05) is 12.2 Å². The van der Waals surface area contributed by atoms with Crippen LogP contribution in [0.5, 0.6) is 0 Å². The Balaban J connectivity index is 0.000000432. The number of piperidine rings is 2. The van der Waals surface area contributed by atoms with Crippen molar-refractivity contribution in [2.75, 3.05) is 93.3 Å². The van der Waals surface area contributed by atoms with Crippen LogP contribution in [0.15, 0.2) is 23.3 Å². The second kappa shape index (κ2) is 34.3. The molecule has 5 N–H and O–H groups in total. The first-order chi connectivity index (χ1) is 36.5. The molecular formula is C55H96N6O17. The quantitative estimate of drug-likeness (QED) is 0.0549. The van der Waals surface area contributed by atoms with Crippen molar-refractivity contribution in [2.45, 2.75) is 182 Å². The molecule has 0 radical (unpaired) electrons. The lowest BCUT2D eigenvalue weighted by molar-refractivity contribution is -0.139. The third-order valence-electron chi connectivity index (χ3n) is 12.2. The third-order valence-corrected chi connectivity index (χ3v) is 12.2. The van der Waals surface area contributed by atoms with Crippen molar-refractivity contribution in [3.05, 3.63) is 23.3 Å². The Bertz CT molecular complexity index is 1940. The lowest BCUT2D eigenvalue weighted by atomic mass is 9.84. The Kier molecular flexibility index (Phi) is 30.4. The predicted molar refractivity (Wildman–Crippen MR) is 290 cm³/mol. The minimum Gasteiger partial charge on any atom is -0.463 e. The molecule has 4 aliphatic rings. The zero-order chi connectivity index (χ0) is 58.8. The molecular weight excluding hydrogens is 1020 g/mol. The highest BCUT2D eigenvalue weighted by Gasteiger charge is 2.42. The monoisotopic (exact) mass is 1110 g/mol. The molecule has 0 unspecified atom stereocenters. The zero-order valence-corrected chi connectivity index (χ0v) is 49.4. The molecule has 0 aromatic heterocycles. The van der Waals surface area contributed by atoms with Gasteiger partial charge in [-0.25, -0.2) is 24.0 Å². The minimum absolute atomic E-state index is 0.116. The molecule has 2 aliphatic carbocycles. The highest BCUT2D eigenvalue weighted by Crippen LogP contribution is 2.30. The Morgan fingerprint density at radius 1 is 0.590 bits per heavy atom. The molecule has 2 saturated heterocycles. The van der Waals surface area contributed by atoms with E-state index in [9.17, 15) is 33.6 Å². The van der Waals surface area contributed by atoms with Gasteiger partial charge in [0.25, 0.3) is 0 Å². The van der Waals surface area contributed by atoms with Crippen LogP contribution in [-0.4, -0.2) is 198 Å². The van der Waals surface area contributed by atoms with Crippen LogP contribution in [0.3, 0.4) is 0 Å². The summed E-state index contributed by atoms with van der Waals surface area (Å²) in [5.74, 6) is -0.333. The van der Waals surface area contributed by atoms with E-state index >= 15 is 0 Å². The minimum atomic E-state index is -1.06. The van der Waals surface area contributed by atoms with Gasteiger partial charge in [-0.15, -0.1) is 0 Å². The first kappa shape index (κ1) is 69.2. The SMILES string of the molecule is CC(C)(C)OC(=O)OC(=O)OC(C)(C)C.CCOC(=O)C1=C[C@@H](N2CCC[C@H](COCCOC)C2)[C@H](NC(C)=O)[C@@H](N)C1.CCOC(=O)C1=C[C@@H](N2CCC[C@H](COCCOC)C2)[C@H](NC(C)=O)[C@@H](NC(=O)OC(C)(C)C)C1. The number of hydrogen-bond acceptors (Lipinski definition) is 20. The Labute approximate surface area is 463 Å². The van der Waals surface area contributed by atoms with Gasteiger partial charge in [0, 0.05) is 64.8 Å². The summed E-state index contributed by atoms with van der Waals surface area (Å²) in [4.78, 5) is 88.1. The van der Waals surface area contributed by atoms with Gasteiger partial charge in [0.15, 0.2) is 0 Å². The number of carbonyl (C=O) groups is 7. The number of carbonyl (C=O) groups excluding carboxylic acids is 7. The van der Waals surface area contributed by atoms with E-state index in [-0.39, 0.29) is 55.0 Å². The second-order valence-corrected chi connectivity index (χ2v) is 22.8. The second-order valence-electron chi connectivity index (χ2n) is 22.8. The molecule has 2 heterocycles. The third kappa shape index (κ3) is 27.8. The summed E-state index contributed by atoms with van der Waals surface area (Å²) in [5, 5.41) is 8.91. The van der Waals surface area contributed by atoms with Gasteiger partial charge in [0.2, 0.25) is 11.8 Å². The Hall–Kier alpha value is -4.91. The fourth-order valence-corrected chi connectivity index (χ4v) is 9.26. The summed E-state index contributed by atoms with van der Waals surface area (Å²) >= 11 is 0. The molecule has 2 aliphatic heterocycles. The highest BCUT2D eigenvalue weighted by atomic mass is 16.8. The van der Waals surface area contributed by atoms with Gasteiger partial charge in [0.1, 0.15) is 16.8 Å². The maximum atomic E-state index is 12.7. The standard InChI is InChI=1S/C25H43N3O7.C20H35N3O5.C10H18O5/c1-7-34-23(30)19-13-20(27-24(31)35-25(3,4)5)22(26-17(2)29)21(14-19)28-10-8-9-18(15-28)16-33-12-11-32-6;1-4-28-20(25)16-10-17(21)19(22-14(2)24)18(11-16)23-7-5-6-15(12-23)13-27-9-8-26-3;1-9(2,3)14-7(11)13-8(12)15-10(4,5)6/h14,18,20-22H,7-13,15-16H2,1-6H3,(H,26,29)(H,27,31);11,15,17-19H,4-10,12-13,21H2,1-3H3,(H,22,24);1-6H3/t18-,20-,21+,22+;15-,17-,18+,19+;/m00./s1. The van der Waals surface area contributed by atoms with Crippen molar-refractivity contribution < 1.29 is 80.9 Å². The average molecular weight is 1110 g/mol. The molecule has 0 saturated carbocycles. The molecule has 2 fully saturated rings. The summed E-state index contributed by atoms with van der Waals surface area (Å²) in [7, 11) is 3.31. The van der Waals surface area contributed by atoms with Crippen molar-refractivity contribution >= 4 is 42.2 Å². The Morgan fingerprint density at radius 2 is 1.00 bits per heavy atom. The van der Waals surface area contributed by atoms with Crippen molar-refractivity contribution in [1.82, 2.24) is 25.8 Å². The molecule has 0 aromatic carbocycles. The first-order valence-corrected chi connectivity index (χ1v) is 27.3. The number of nitrogens with one attached hydrogen (secondary N) is 3. The normalized spacial score (nSPS) is 23.9. The topological polar surface area (TPSA) is 280 Å². The van der Waals surface area contributed by atoms with Crippen LogP contribution in [0.2, 0.25) is 0 Å². The van der Waals surface area contributed by atoms with Gasteiger partial charge in [-0.05, 0) is 133 Å². The number of rotatable bonds is 19. The van der Waals surface area contributed by atoms with E-state index < -0.39 is 53.3 Å². The summed E-state index contributed by atoms with van der Waals surface area (Å²) < 4.78 is 51.3. The number of alkyl carbamates (subject to hydrolysis) is 1. The number of ether oxygens (including phenoxy) is 10. The number of esters is 2. The number of nitrogens with two attached hydrogens (primary N) is 1. The van der Waals surface area contributed by atoms with Crippen molar-refractivity contribution in [1.29, 1.82) is 0 Å². The molecule has 448 valence electrons. The highest BCUT2D eigenvalue weighted by molar-refractivity contribution is 5.90. The summed E-state index contributed by atoms with van der Waals surface area (Å²) in [6, 6.07) is -1.98. The molecule has 23 heteroatoms. The van der Waals surface area contributed by atoms with Crippen molar-refractivity contribution in [2.24, 2.45) is 17.6 Å². The van der Waals surface area contributed by atoms with Gasteiger partial charge in [-0.3, -0.25) is 19.4 Å². The van der Waals surface area contributed by atoms with Crippen LogP contribution in [0.4, 0.5) is 14.4 Å². The molecule has 4 rings (SSSR count). The number of hydrogen-bond donors (Lipinski definition) is 4. The van der Waals surface area contributed by atoms with Gasteiger partial charge in [0.05, 0.1) is 83.1 Å². The van der Waals surface area contributed by atoms with E-state index in [1.54, 1.807) is 90.4 Å². The van der Waals surface area contributed by atoms with Crippen LogP contribution in [-0.2, 0) is 66.5 Å². The van der Waals surface area contributed by atoms with Gasteiger partial charge in [-0.2, -0.15) is 0 Å². The first-order valence-electron chi connectivity index (χ1n) is 27.3. The fraction of sp³-hybridized carbons (Fsp3) is 0.800. The lowest BCUT2D eigenvalue weighted by Crippen LogP contribution is -2.64. The zero-order valence-electron chi connectivity index (χ0n) is 49.4. The van der Waals surface area contributed by atoms with E-state index in [1.165, 1.54) is 13.8 Å². The van der Waals surface area contributed by atoms with E-state index in [2.05, 4.69) is 30.5 Å². The smallest absolute Gasteiger partial charge is 0.463 e. The van der Waals surface area contributed by atoms with Crippen molar-refractivity contribution in [3.8, 4) is 0 Å². The molecule has 0 bridgehead atoms. The average Bonchev–Trinajstić information content (AvgIpc) is 3.31. The van der Waals surface area contributed by atoms with Crippen LogP contribution >= 0.6 is 0 Å². The van der Waals surface area contributed by atoms with Crippen LogP contribution in [0.25, 0.3) is 0 Å². The maximum absolute atomic E-state index is 12.7. The van der Waals surface area contributed by atoms with Crippen LogP contribution < -0.4 is 21.7 Å². The van der Waals surface area contributed by atoms with E-state index in [1.807, 2.05) is 12.2 Å². The van der Waals surface area contributed by atoms with Crippen LogP contribution in [0.1, 0.15) is 129 Å². The summed E-state index contributed by atoms with van der Waals surface area (Å²) in [5.41, 5.74) is 5.38. The number of methoxy groups -OCH3 is 2. The molecule has 8 atom stereocenters. The largest absolute Gasteiger partial charge is 0.519 e. The summed E-state index contributed by atoms with van der Waals surface area (Å²) in [6.45, 7) is 29.3.